The number of hydrogen-bond donors (Lipinski definition) is 0. The Morgan fingerprint density at radius 2 is 1.33 bits per heavy atom. The molecular weight excluding hydrogens is 326 g/mol. The second-order valence-corrected chi connectivity index (χ2v) is 7.44. The molecule has 27 heavy (non-hydrogen) atoms. The van der Waals surface area contributed by atoms with Gasteiger partial charge in [-0.15, -0.1) is 0 Å². The van der Waals surface area contributed by atoms with Crippen molar-refractivity contribution >= 4 is 32.6 Å². The molecule has 0 amide bonds. The summed E-state index contributed by atoms with van der Waals surface area (Å²) >= 11 is 0. The number of rotatable bonds is 3. The third-order valence-corrected chi connectivity index (χ3v) is 5.82. The maximum atomic E-state index is 2.49. The highest BCUT2D eigenvalue weighted by atomic mass is 15.0. The first-order valence-corrected chi connectivity index (χ1v) is 9.78. The van der Waals surface area contributed by atoms with Gasteiger partial charge < -0.3 is 4.57 Å². The molecule has 0 saturated carbocycles. The van der Waals surface area contributed by atoms with E-state index in [1.54, 1.807) is 0 Å². The summed E-state index contributed by atoms with van der Waals surface area (Å²) in [5.74, 6) is 0. The van der Waals surface area contributed by atoms with Gasteiger partial charge in [0.15, 0.2) is 0 Å². The highest BCUT2D eigenvalue weighted by Crippen LogP contribution is 2.35. The van der Waals surface area contributed by atoms with Crippen LogP contribution in [0.25, 0.3) is 43.7 Å². The van der Waals surface area contributed by atoms with E-state index in [4.69, 9.17) is 0 Å². The van der Waals surface area contributed by atoms with Gasteiger partial charge in [-0.1, -0.05) is 67.6 Å². The zero-order chi connectivity index (χ0) is 18.4. The van der Waals surface area contributed by atoms with Gasteiger partial charge in [0.25, 0.3) is 0 Å². The molecule has 0 fully saturated rings. The Morgan fingerprint density at radius 1 is 0.667 bits per heavy atom. The summed E-state index contributed by atoms with van der Waals surface area (Å²) in [6, 6.07) is 31.5. The van der Waals surface area contributed by atoms with Crippen LogP contribution in [0, 0.1) is 0 Å². The van der Waals surface area contributed by atoms with E-state index >= 15 is 0 Å². The molecule has 0 radical (unpaired) electrons. The third kappa shape index (κ3) is 2.54. The molecule has 1 unspecified atom stereocenters. The Bertz CT molecular complexity index is 1280. The van der Waals surface area contributed by atoms with Crippen LogP contribution in [0.1, 0.15) is 26.3 Å². The smallest absolute Gasteiger partial charge is 0.0494 e. The van der Waals surface area contributed by atoms with Gasteiger partial charge in [-0.25, -0.2) is 0 Å². The van der Waals surface area contributed by atoms with E-state index in [9.17, 15) is 0 Å². The first kappa shape index (κ1) is 16.1. The van der Waals surface area contributed by atoms with Crippen LogP contribution in [-0.4, -0.2) is 4.57 Å². The summed E-state index contributed by atoms with van der Waals surface area (Å²) in [5, 5.41) is 5.26. The molecule has 1 heteroatoms. The zero-order valence-corrected chi connectivity index (χ0v) is 15.8. The number of nitrogens with zero attached hydrogens (tertiary/aromatic N) is 1. The molecule has 5 aromatic rings. The maximum Gasteiger partial charge on any atom is 0.0494 e. The maximum absolute atomic E-state index is 2.49. The lowest BCUT2D eigenvalue weighted by Crippen LogP contribution is -2.02. The fourth-order valence-corrected chi connectivity index (χ4v) is 4.21. The lowest BCUT2D eigenvalue weighted by molar-refractivity contribution is 0.563. The van der Waals surface area contributed by atoms with Crippen LogP contribution >= 0.6 is 0 Å². The Labute approximate surface area is 159 Å². The molecule has 0 saturated heterocycles. The Balaban J connectivity index is 1.76. The summed E-state index contributed by atoms with van der Waals surface area (Å²) < 4.78 is 2.49. The number of fused-ring (bicyclic) bond motifs is 4. The molecule has 132 valence electrons. The average molecular weight is 349 g/mol. The first-order chi connectivity index (χ1) is 13.3. The molecule has 1 atom stereocenters. The zero-order valence-electron chi connectivity index (χ0n) is 15.8. The van der Waals surface area contributed by atoms with Crippen LogP contribution < -0.4 is 0 Å². The summed E-state index contributed by atoms with van der Waals surface area (Å²) in [6.45, 7) is 4.57. The van der Waals surface area contributed by atoms with Crippen LogP contribution in [-0.2, 0) is 0 Å². The van der Waals surface area contributed by atoms with Crippen molar-refractivity contribution in [3.63, 3.8) is 0 Å². The van der Waals surface area contributed by atoms with Crippen LogP contribution in [0.3, 0.4) is 0 Å². The predicted octanol–water partition coefficient (Wildman–Crippen LogP) is 7.59. The molecule has 0 N–H and O–H groups in total. The lowest BCUT2D eigenvalue weighted by Gasteiger charge is -2.15. The topological polar surface area (TPSA) is 4.93 Å². The van der Waals surface area contributed by atoms with Gasteiger partial charge in [0.05, 0.1) is 0 Å². The van der Waals surface area contributed by atoms with Gasteiger partial charge in [-0.3, -0.25) is 0 Å². The predicted molar refractivity (Wildman–Crippen MR) is 117 cm³/mol. The molecule has 0 bridgehead atoms. The SMILES string of the molecule is CCC(C)n1c2ccccc2c2cc(-c3ccc4ccccc4c3)ccc21. The van der Waals surface area contributed by atoms with Crippen LogP contribution in [0.5, 0.6) is 0 Å². The van der Waals surface area contributed by atoms with Crippen LogP contribution in [0.2, 0.25) is 0 Å². The highest BCUT2D eigenvalue weighted by molar-refractivity contribution is 6.09. The van der Waals surface area contributed by atoms with Gasteiger partial charge in [0.2, 0.25) is 0 Å². The minimum Gasteiger partial charge on any atom is -0.338 e. The summed E-state index contributed by atoms with van der Waals surface area (Å²) in [4.78, 5) is 0. The summed E-state index contributed by atoms with van der Waals surface area (Å²) in [6.07, 6.45) is 1.13. The number of aromatic nitrogens is 1. The van der Waals surface area contributed by atoms with E-state index in [2.05, 4.69) is 103 Å². The van der Waals surface area contributed by atoms with Crippen molar-refractivity contribution in [2.24, 2.45) is 0 Å². The second-order valence-electron chi connectivity index (χ2n) is 7.44. The molecule has 0 aliphatic heterocycles. The molecule has 1 heterocycles. The first-order valence-electron chi connectivity index (χ1n) is 9.78. The Hall–Kier alpha value is -3.06. The molecule has 0 aliphatic rings. The molecule has 1 aromatic heterocycles. The van der Waals surface area contributed by atoms with E-state index in [0.29, 0.717) is 6.04 Å². The van der Waals surface area contributed by atoms with Crippen molar-refractivity contribution in [3.05, 3.63) is 84.9 Å². The Kier molecular flexibility index (Phi) is 3.75. The van der Waals surface area contributed by atoms with Gasteiger partial charge >= 0.3 is 0 Å². The summed E-state index contributed by atoms with van der Waals surface area (Å²) in [5.41, 5.74) is 5.21. The average Bonchev–Trinajstić information content (AvgIpc) is 3.06. The summed E-state index contributed by atoms with van der Waals surface area (Å²) in [7, 11) is 0. The molecule has 5 rings (SSSR count). The number of hydrogen-bond acceptors (Lipinski definition) is 0. The molecule has 4 aromatic carbocycles. The highest BCUT2D eigenvalue weighted by Gasteiger charge is 2.14. The number of para-hydroxylation sites is 1. The fourth-order valence-electron chi connectivity index (χ4n) is 4.21. The van der Waals surface area contributed by atoms with Gasteiger partial charge in [-0.2, -0.15) is 0 Å². The van der Waals surface area contributed by atoms with Crippen molar-refractivity contribution in [1.82, 2.24) is 4.57 Å². The van der Waals surface area contributed by atoms with Crippen molar-refractivity contribution in [2.45, 2.75) is 26.3 Å². The molecule has 1 nitrogen and oxygen atoms in total. The van der Waals surface area contributed by atoms with Crippen molar-refractivity contribution in [2.75, 3.05) is 0 Å². The monoisotopic (exact) mass is 349 g/mol. The number of benzene rings is 4. The standard InChI is InChI=1S/C26H23N/c1-3-18(2)27-25-11-7-6-10-23(25)24-17-22(14-15-26(24)27)21-13-12-19-8-4-5-9-20(19)16-21/h4-18H,3H2,1-2H3. The quantitative estimate of drug-likeness (QED) is 0.316. The normalized spacial score (nSPS) is 12.8. The largest absolute Gasteiger partial charge is 0.338 e. The van der Waals surface area contributed by atoms with Crippen molar-refractivity contribution in [1.29, 1.82) is 0 Å². The van der Waals surface area contributed by atoms with E-state index in [-0.39, 0.29) is 0 Å². The molecule has 0 aliphatic carbocycles. The molecule has 0 spiro atoms. The minimum atomic E-state index is 0.485. The second kappa shape index (κ2) is 6.28. The van der Waals surface area contributed by atoms with E-state index in [0.717, 1.165) is 6.42 Å². The van der Waals surface area contributed by atoms with Crippen molar-refractivity contribution < 1.29 is 0 Å². The minimum absolute atomic E-state index is 0.485. The van der Waals surface area contributed by atoms with E-state index in [1.165, 1.54) is 43.7 Å². The van der Waals surface area contributed by atoms with Crippen LogP contribution in [0.15, 0.2) is 84.9 Å². The van der Waals surface area contributed by atoms with E-state index < -0.39 is 0 Å². The van der Waals surface area contributed by atoms with Crippen LogP contribution in [0.4, 0.5) is 0 Å². The molecular formula is C26H23N. The lowest BCUT2D eigenvalue weighted by atomic mass is 9.99. The third-order valence-electron chi connectivity index (χ3n) is 5.82. The van der Waals surface area contributed by atoms with E-state index in [1.807, 2.05) is 0 Å². The fraction of sp³-hybridized carbons (Fsp3) is 0.154. The van der Waals surface area contributed by atoms with Crippen molar-refractivity contribution in [3.8, 4) is 11.1 Å². The Morgan fingerprint density at radius 3 is 2.19 bits per heavy atom. The van der Waals surface area contributed by atoms with Gasteiger partial charge in [-0.05, 0) is 59.5 Å². The van der Waals surface area contributed by atoms with Gasteiger partial charge in [0.1, 0.15) is 0 Å². The van der Waals surface area contributed by atoms with Gasteiger partial charge in [0, 0.05) is 27.8 Å².